The van der Waals surface area contributed by atoms with Gasteiger partial charge in [0.1, 0.15) is 9.88 Å². The maximum Gasteiger partial charge on any atom is 0.269 e. The van der Waals surface area contributed by atoms with E-state index in [-0.39, 0.29) is 11.6 Å². The average molecular weight is 399 g/mol. The summed E-state index contributed by atoms with van der Waals surface area (Å²) >= 11 is 1.25. The van der Waals surface area contributed by atoms with Gasteiger partial charge in [0.2, 0.25) is 0 Å². The number of carbonyl (C=O) groups is 1. The number of nitro benzene ring substituents is 1. The van der Waals surface area contributed by atoms with Gasteiger partial charge in [-0.15, -0.1) is 11.3 Å². The largest absolute Gasteiger partial charge is 0.493 e. The zero-order valence-electron chi connectivity index (χ0n) is 15.4. The molecule has 1 N–H and O–H groups in total. The molecule has 9 heteroatoms. The van der Waals surface area contributed by atoms with Crippen LogP contribution in [0.3, 0.4) is 0 Å². The lowest BCUT2D eigenvalue weighted by atomic mass is 10.2. The van der Waals surface area contributed by atoms with Gasteiger partial charge in [0, 0.05) is 23.4 Å². The molecule has 2 aromatic carbocycles. The van der Waals surface area contributed by atoms with Crippen LogP contribution < -0.4 is 14.8 Å². The molecule has 28 heavy (non-hydrogen) atoms. The number of aryl methyl sites for hydroxylation is 1. The molecule has 0 radical (unpaired) electrons. The fourth-order valence-corrected chi connectivity index (χ4v) is 3.51. The van der Waals surface area contributed by atoms with E-state index in [1.165, 1.54) is 35.6 Å². The van der Waals surface area contributed by atoms with Crippen LogP contribution in [0.1, 0.15) is 15.4 Å². The summed E-state index contributed by atoms with van der Waals surface area (Å²) in [5.41, 5.74) is 1.83. The highest BCUT2D eigenvalue weighted by molar-refractivity contribution is 7.17. The topological polar surface area (TPSA) is 104 Å². The van der Waals surface area contributed by atoms with Crippen molar-refractivity contribution in [2.45, 2.75) is 6.92 Å². The molecule has 1 aromatic heterocycles. The summed E-state index contributed by atoms with van der Waals surface area (Å²) in [6.45, 7) is 1.76. The van der Waals surface area contributed by atoms with Crippen molar-refractivity contribution in [1.29, 1.82) is 0 Å². The highest BCUT2D eigenvalue weighted by Gasteiger charge is 2.18. The molecule has 0 unspecified atom stereocenters. The Morgan fingerprint density at radius 1 is 1.11 bits per heavy atom. The molecule has 0 atom stereocenters. The van der Waals surface area contributed by atoms with Crippen molar-refractivity contribution < 1.29 is 19.2 Å². The van der Waals surface area contributed by atoms with Gasteiger partial charge in [-0.3, -0.25) is 14.9 Å². The van der Waals surface area contributed by atoms with Gasteiger partial charge in [0.15, 0.2) is 11.5 Å². The zero-order chi connectivity index (χ0) is 20.3. The molecule has 0 aliphatic heterocycles. The number of carbonyl (C=O) groups excluding carboxylic acids is 1. The van der Waals surface area contributed by atoms with Gasteiger partial charge in [-0.05, 0) is 37.3 Å². The normalized spacial score (nSPS) is 10.4. The zero-order valence-corrected chi connectivity index (χ0v) is 16.2. The molecular formula is C19H17N3O5S. The van der Waals surface area contributed by atoms with E-state index in [2.05, 4.69) is 10.3 Å². The minimum atomic E-state index is -0.492. The van der Waals surface area contributed by atoms with E-state index < -0.39 is 4.92 Å². The molecule has 0 aliphatic carbocycles. The minimum Gasteiger partial charge on any atom is -0.493 e. The third-order valence-corrected chi connectivity index (χ3v) is 5.17. The highest BCUT2D eigenvalue weighted by Crippen LogP contribution is 2.35. The molecule has 1 amide bonds. The minimum absolute atomic E-state index is 0.0392. The van der Waals surface area contributed by atoms with Crippen molar-refractivity contribution in [3.63, 3.8) is 0 Å². The predicted octanol–water partition coefficient (Wildman–Crippen LogP) is 4.30. The van der Waals surface area contributed by atoms with Crippen LogP contribution in [0.2, 0.25) is 0 Å². The third kappa shape index (κ3) is 3.94. The fourth-order valence-electron chi connectivity index (χ4n) is 2.55. The van der Waals surface area contributed by atoms with Gasteiger partial charge in [0.05, 0.1) is 24.8 Å². The lowest BCUT2D eigenvalue weighted by Gasteiger charge is -2.08. The molecule has 1 heterocycles. The van der Waals surface area contributed by atoms with Crippen LogP contribution in [0.25, 0.3) is 10.6 Å². The number of nitro groups is 1. The molecule has 8 nitrogen and oxygen atoms in total. The molecule has 3 aromatic rings. The molecular weight excluding hydrogens is 382 g/mol. The maximum atomic E-state index is 12.6. The van der Waals surface area contributed by atoms with E-state index in [4.69, 9.17) is 9.47 Å². The van der Waals surface area contributed by atoms with Crippen LogP contribution in [0, 0.1) is 17.0 Å². The van der Waals surface area contributed by atoms with Crippen LogP contribution in [-0.4, -0.2) is 30.0 Å². The summed E-state index contributed by atoms with van der Waals surface area (Å²) in [5, 5.41) is 14.1. The Kier molecular flexibility index (Phi) is 5.55. The van der Waals surface area contributed by atoms with Crippen molar-refractivity contribution in [3.05, 3.63) is 63.1 Å². The predicted molar refractivity (Wildman–Crippen MR) is 106 cm³/mol. The summed E-state index contributed by atoms with van der Waals surface area (Å²) in [4.78, 5) is 27.8. The standard InChI is InChI=1S/C19H17N3O5S/c1-11-17(18(23)21-13-5-7-14(8-6-13)22(24)25)28-19(20-11)12-4-9-15(26-2)16(10-12)27-3/h4-10H,1-3H3,(H,21,23). The number of rotatable bonds is 6. The van der Waals surface area contributed by atoms with Gasteiger partial charge in [-0.25, -0.2) is 4.98 Å². The molecule has 0 bridgehead atoms. The molecule has 0 saturated heterocycles. The number of anilines is 1. The number of hydrogen-bond donors (Lipinski definition) is 1. The second kappa shape index (κ2) is 8.05. The van der Waals surface area contributed by atoms with E-state index in [0.717, 1.165) is 5.56 Å². The van der Waals surface area contributed by atoms with Crippen molar-refractivity contribution in [2.75, 3.05) is 19.5 Å². The molecule has 3 rings (SSSR count). The number of non-ortho nitro benzene ring substituents is 1. The van der Waals surface area contributed by atoms with E-state index >= 15 is 0 Å². The second-order valence-electron chi connectivity index (χ2n) is 5.76. The smallest absolute Gasteiger partial charge is 0.269 e. The van der Waals surface area contributed by atoms with E-state index in [9.17, 15) is 14.9 Å². The molecule has 0 aliphatic rings. The van der Waals surface area contributed by atoms with Crippen LogP contribution in [-0.2, 0) is 0 Å². The van der Waals surface area contributed by atoms with Gasteiger partial charge in [-0.2, -0.15) is 0 Å². The average Bonchev–Trinajstić information content (AvgIpc) is 3.09. The van der Waals surface area contributed by atoms with Gasteiger partial charge >= 0.3 is 0 Å². The quantitative estimate of drug-likeness (QED) is 0.490. The third-order valence-electron chi connectivity index (χ3n) is 3.97. The highest BCUT2D eigenvalue weighted by atomic mass is 32.1. The summed E-state index contributed by atoms with van der Waals surface area (Å²) in [6, 6.07) is 11.1. The van der Waals surface area contributed by atoms with Gasteiger partial charge in [0.25, 0.3) is 11.6 Å². The lowest BCUT2D eigenvalue weighted by Crippen LogP contribution is -2.11. The lowest BCUT2D eigenvalue weighted by molar-refractivity contribution is -0.384. The first-order valence-electron chi connectivity index (χ1n) is 8.18. The monoisotopic (exact) mass is 399 g/mol. The number of amides is 1. The van der Waals surface area contributed by atoms with Gasteiger partial charge < -0.3 is 14.8 Å². The number of methoxy groups -OCH3 is 2. The maximum absolute atomic E-state index is 12.6. The Bertz CT molecular complexity index is 1030. The Balaban J connectivity index is 1.83. The summed E-state index contributed by atoms with van der Waals surface area (Å²) in [7, 11) is 3.11. The van der Waals surface area contributed by atoms with Crippen LogP contribution in [0.4, 0.5) is 11.4 Å². The molecule has 144 valence electrons. The van der Waals surface area contributed by atoms with Gasteiger partial charge in [-0.1, -0.05) is 0 Å². The van der Waals surface area contributed by atoms with Crippen LogP contribution in [0.5, 0.6) is 11.5 Å². The number of thiazole rings is 1. The number of ether oxygens (including phenoxy) is 2. The van der Waals surface area contributed by atoms with Crippen molar-refractivity contribution in [2.24, 2.45) is 0 Å². The fraction of sp³-hybridized carbons (Fsp3) is 0.158. The van der Waals surface area contributed by atoms with Crippen LogP contribution in [0.15, 0.2) is 42.5 Å². The summed E-state index contributed by atoms with van der Waals surface area (Å²) < 4.78 is 10.5. The number of nitrogens with one attached hydrogen (secondary N) is 1. The number of nitrogens with zero attached hydrogens (tertiary/aromatic N) is 2. The summed E-state index contributed by atoms with van der Waals surface area (Å²) in [5.74, 6) is 0.857. The van der Waals surface area contributed by atoms with Crippen molar-refractivity contribution in [3.8, 4) is 22.1 Å². The Hall–Kier alpha value is -3.46. The van der Waals surface area contributed by atoms with E-state index in [1.807, 2.05) is 6.07 Å². The number of benzene rings is 2. The Morgan fingerprint density at radius 3 is 2.39 bits per heavy atom. The Morgan fingerprint density at radius 2 is 1.79 bits per heavy atom. The van der Waals surface area contributed by atoms with Crippen molar-refractivity contribution in [1.82, 2.24) is 4.98 Å². The van der Waals surface area contributed by atoms with Crippen molar-refractivity contribution >= 4 is 28.6 Å². The van der Waals surface area contributed by atoms with E-state index in [0.29, 0.717) is 32.8 Å². The molecule has 0 saturated carbocycles. The first-order chi connectivity index (χ1) is 13.4. The number of hydrogen-bond acceptors (Lipinski definition) is 7. The van der Waals surface area contributed by atoms with Crippen LogP contribution >= 0.6 is 11.3 Å². The second-order valence-corrected chi connectivity index (χ2v) is 6.76. The first-order valence-corrected chi connectivity index (χ1v) is 9.00. The SMILES string of the molecule is COc1ccc(-c2nc(C)c(C(=O)Nc3ccc([N+](=O)[O-])cc3)s2)cc1OC. The first kappa shape index (κ1) is 19.3. The molecule has 0 spiro atoms. The number of aromatic nitrogens is 1. The van der Waals surface area contributed by atoms with E-state index in [1.54, 1.807) is 33.3 Å². The Labute approximate surface area is 164 Å². The molecule has 0 fully saturated rings. The summed E-state index contributed by atoms with van der Waals surface area (Å²) in [6.07, 6.45) is 0.